The summed E-state index contributed by atoms with van der Waals surface area (Å²) in [5.41, 5.74) is 0.477. The summed E-state index contributed by atoms with van der Waals surface area (Å²) in [6.45, 7) is 3.07. The van der Waals surface area contributed by atoms with Gasteiger partial charge in [0.25, 0.3) is 0 Å². The molecular weight excluding hydrogens is 277 g/mol. The van der Waals surface area contributed by atoms with Gasteiger partial charge in [-0.25, -0.2) is 9.18 Å². The van der Waals surface area contributed by atoms with Gasteiger partial charge in [-0.2, -0.15) is 0 Å². The zero-order chi connectivity index (χ0) is 14.5. The van der Waals surface area contributed by atoms with E-state index in [1.165, 1.54) is 28.0 Å². The van der Waals surface area contributed by atoms with E-state index in [9.17, 15) is 9.18 Å². The zero-order valence-electron chi connectivity index (χ0n) is 11.1. The van der Waals surface area contributed by atoms with Crippen LogP contribution in [0.2, 0.25) is 0 Å². The molecule has 1 aromatic heterocycles. The second-order valence-corrected chi connectivity index (χ2v) is 5.69. The van der Waals surface area contributed by atoms with Gasteiger partial charge < -0.3 is 10.4 Å². The third kappa shape index (κ3) is 3.65. The van der Waals surface area contributed by atoms with Crippen molar-refractivity contribution in [3.63, 3.8) is 0 Å². The molecule has 0 aliphatic rings. The zero-order valence-corrected chi connectivity index (χ0v) is 12.0. The van der Waals surface area contributed by atoms with Crippen molar-refractivity contribution in [3.8, 4) is 0 Å². The van der Waals surface area contributed by atoms with E-state index < -0.39 is 5.97 Å². The molecule has 0 atom stereocenters. The van der Waals surface area contributed by atoms with Crippen LogP contribution in [0.1, 0.15) is 32.6 Å². The van der Waals surface area contributed by atoms with E-state index in [1.54, 1.807) is 11.3 Å². The van der Waals surface area contributed by atoms with E-state index in [2.05, 4.69) is 24.4 Å². The molecule has 0 aliphatic heterocycles. The number of hydrogen-bond acceptors (Lipinski definition) is 3. The lowest BCUT2D eigenvalue weighted by Gasteiger charge is -2.06. The van der Waals surface area contributed by atoms with Gasteiger partial charge in [0, 0.05) is 28.4 Å². The summed E-state index contributed by atoms with van der Waals surface area (Å²) in [7, 11) is 0. The van der Waals surface area contributed by atoms with E-state index >= 15 is 0 Å². The van der Waals surface area contributed by atoms with Gasteiger partial charge in [-0.15, -0.1) is 11.3 Å². The number of benzene rings is 1. The summed E-state index contributed by atoms with van der Waals surface area (Å²) < 4.78 is 13.6. The summed E-state index contributed by atoms with van der Waals surface area (Å²) in [4.78, 5) is 13.4. The number of nitrogens with one attached hydrogen (secondary N) is 1. The Morgan fingerprint density at radius 2 is 2.00 bits per heavy atom. The average molecular weight is 293 g/mol. The van der Waals surface area contributed by atoms with Gasteiger partial charge in [0.1, 0.15) is 5.82 Å². The second kappa shape index (κ2) is 6.63. The molecule has 0 saturated carbocycles. The van der Waals surface area contributed by atoms with Gasteiger partial charge in [-0.3, -0.25) is 0 Å². The summed E-state index contributed by atoms with van der Waals surface area (Å²) in [5, 5.41) is 12.0. The average Bonchev–Trinajstić information content (AvgIpc) is 2.88. The molecule has 0 fully saturated rings. The summed E-state index contributed by atoms with van der Waals surface area (Å²) in [5.74, 6) is -1.43. The number of carboxylic acid groups (broad SMARTS) is 1. The molecule has 0 amide bonds. The summed E-state index contributed by atoms with van der Waals surface area (Å²) in [6, 6.07) is 7.99. The molecule has 2 aromatic rings. The van der Waals surface area contributed by atoms with Crippen LogP contribution in [0.15, 0.2) is 30.3 Å². The number of carboxylic acids is 1. The first kappa shape index (κ1) is 14.7. The van der Waals surface area contributed by atoms with Crippen molar-refractivity contribution < 1.29 is 14.3 Å². The Balaban J connectivity index is 1.96. The molecule has 2 N–H and O–H groups in total. The van der Waals surface area contributed by atoms with Crippen molar-refractivity contribution in [1.29, 1.82) is 0 Å². The molecule has 1 aromatic carbocycles. The fourth-order valence-electron chi connectivity index (χ4n) is 1.87. The van der Waals surface area contributed by atoms with Crippen LogP contribution in [-0.4, -0.2) is 11.1 Å². The Bertz CT molecular complexity index is 610. The Labute approximate surface area is 121 Å². The van der Waals surface area contributed by atoms with Crippen LogP contribution < -0.4 is 5.32 Å². The van der Waals surface area contributed by atoms with Crippen molar-refractivity contribution in [2.45, 2.75) is 26.4 Å². The molecule has 0 saturated heterocycles. The maximum atomic E-state index is 13.6. The fourth-order valence-corrected chi connectivity index (χ4v) is 2.80. The molecule has 0 unspecified atom stereocenters. The van der Waals surface area contributed by atoms with Crippen molar-refractivity contribution in [3.05, 3.63) is 57.0 Å². The number of hydrogen-bond donors (Lipinski definition) is 2. The van der Waals surface area contributed by atoms with Crippen molar-refractivity contribution in [1.82, 2.24) is 5.32 Å². The van der Waals surface area contributed by atoms with Crippen LogP contribution in [0, 0.1) is 5.82 Å². The highest BCUT2D eigenvalue weighted by Gasteiger charge is 2.08. The highest BCUT2D eigenvalue weighted by molar-refractivity contribution is 7.11. The standard InChI is InChI=1S/C15H16FNO2S/c1-2-12-4-5-13(20-12)9-17-8-11-7-10(15(18)19)3-6-14(11)16/h3-7,17H,2,8-9H2,1H3,(H,18,19). The Morgan fingerprint density at radius 3 is 2.65 bits per heavy atom. The van der Waals surface area contributed by atoms with Crippen LogP contribution in [0.5, 0.6) is 0 Å². The molecule has 2 rings (SSSR count). The molecule has 1 heterocycles. The van der Waals surface area contributed by atoms with E-state index in [-0.39, 0.29) is 11.4 Å². The monoisotopic (exact) mass is 293 g/mol. The number of thiophene rings is 1. The summed E-state index contributed by atoms with van der Waals surface area (Å²) in [6.07, 6.45) is 1.01. The molecule has 0 radical (unpaired) electrons. The third-order valence-electron chi connectivity index (χ3n) is 2.97. The molecule has 3 nitrogen and oxygen atoms in total. The van der Waals surface area contributed by atoms with Crippen LogP contribution in [0.4, 0.5) is 4.39 Å². The first-order chi connectivity index (χ1) is 9.60. The van der Waals surface area contributed by atoms with Gasteiger partial charge in [-0.05, 0) is 36.8 Å². The maximum Gasteiger partial charge on any atom is 0.335 e. The molecule has 0 bridgehead atoms. The number of rotatable bonds is 6. The molecule has 106 valence electrons. The highest BCUT2D eigenvalue weighted by Crippen LogP contribution is 2.17. The highest BCUT2D eigenvalue weighted by atomic mass is 32.1. The van der Waals surface area contributed by atoms with Crippen molar-refractivity contribution in [2.24, 2.45) is 0 Å². The first-order valence-corrected chi connectivity index (χ1v) is 7.22. The van der Waals surface area contributed by atoms with Crippen LogP contribution >= 0.6 is 11.3 Å². The van der Waals surface area contributed by atoms with E-state index in [0.29, 0.717) is 18.7 Å². The van der Waals surface area contributed by atoms with Crippen LogP contribution in [0.25, 0.3) is 0 Å². The molecule has 0 aliphatic carbocycles. The SMILES string of the molecule is CCc1ccc(CNCc2cc(C(=O)O)ccc2F)s1. The smallest absolute Gasteiger partial charge is 0.335 e. The summed E-state index contributed by atoms with van der Waals surface area (Å²) >= 11 is 1.73. The number of aromatic carboxylic acids is 1. The molecule has 5 heteroatoms. The number of halogens is 1. The fraction of sp³-hybridized carbons (Fsp3) is 0.267. The van der Waals surface area contributed by atoms with Crippen LogP contribution in [-0.2, 0) is 19.5 Å². The Kier molecular flexibility index (Phi) is 4.87. The van der Waals surface area contributed by atoms with Gasteiger partial charge in [-0.1, -0.05) is 6.92 Å². The molecule has 20 heavy (non-hydrogen) atoms. The van der Waals surface area contributed by atoms with Crippen molar-refractivity contribution in [2.75, 3.05) is 0 Å². The maximum absolute atomic E-state index is 13.6. The van der Waals surface area contributed by atoms with E-state index in [4.69, 9.17) is 5.11 Å². The molecular formula is C15H16FNO2S. The predicted octanol–water partition coefficient (Wildman–Crippen LogP) is 3.44. The number of aryl methyl sites for hydroxylation is 1. The largest absolute Gasteiger partial charge is 0.478 e. The normalized spacial score (nSPS) is 10.7. The lowest BCUT2D eigenvalue weighted by atomic mass is 10.1. The Morgan fingerprint density at radius 1 is 1.25 bits per heavy atom. The number of carbonyl (C=O) groups is 1. The Hall–Kier alpha value is -1.72. The van der Waals surface area contributed by atoms with Gasteiger partial charge >= 0.3 is 5.97 Å². The van der Waals surface area contributed by atoms with E-state index in [1.807, 2.05) is 0 Å². The van der Waals surface area contributed by atoms with Gasteiger partial charge in [0.2, 0.25) is 0 Å². The minimum Gasteiger partial charge on any atom is -0.478 e. The molecule has 0 spiro atoms. The lowest BCUT2D eigenvalue weighted by molar-refractivity contribution is 0.0696. The third-order valence-corrected chi connectivity index (χ3v) is 4.20. The predicted molar refractivity (Wildman–Crippen MR) is 77.6 cm³/mol. The first-order valence-electron chi connectivity index (χ1n) is 6.40. The minimum atomic E-state index is -1.04. The van der Waals surface area contributed by atoms with Crippen molar-refractivity contribution >= 4 is 17.3 Å². The van der Waals surface area contributed by atoms with Gasteiger partial charge in [0.15, 0.2) is 0 Å². The second-order valence-electron chi connectivity index (χ2n) is 4.44. The quantitative estimate of drug-likeness (QED) is 0.858. The topological polar surface area (TPSA) is 49.3 Å². The lowest BCUT2D eigenvalue weighted by Crippen LogP contribution is -2.13. The van der Waals surface area contributed by atoms with Crippen LogP contribution in [0.3, 0.4) is 0 Å². The minimum absolute atomic E-state index is 0.104. The van der Waals surface area contributed by atoms with Gasteiger partial charge in [0.05, 0.1) is 5.56 Å². The van der Waals surface area contributed by atoms with E-state index in [0.717, 1.165) is 6.42 Å².